The van der Waals surface area contributed by atoms with Crippen molar-refractivity contribution in [1.82, 2.24) is 5.32 Å². The lowest BCUT2D eigenvalue weighted by atomic mass is 10.2. The van der Waals surface area contributed by atoms with Gasteiger partial charge in [0.15, 0.2) is 5.17 Å². The number of nitrogens with zero attached hydrogens (tertiary/aromatic N) is 1. The molecule has 1 aliphatic heterocycles. The predicted octanol–water partition coefficient (Wildman–Crippen LogP) is 1.84. The summed E-state index contributed by atoms with van der Waals surface area (Å²) in [6.07, 6.45) is 0.339. The van der Waals surface area contributed by atoms with Gasteiger partial charge in [0.25, 0.3) is 0 Å². The number of aliphatic imine (C=N–C) groups is 1. The summed E-state index contributed by atoms with van der Waals surface area (Å²) in [6.45, 7) is 1.83. The molecule has 0 aliphatic carbocycles. The van der Waals surface area contributed by atoms with E-state index >= 15 is 0 Å². The van der Waals surface area contributed by atoms with Gasteiger partial charge >= 0.3 is 0 Å². The van der Waals surface area contributed by atoms with Gasteiger partial charge in [0.05, 0.1) is 20.3 Å². The Morgan fingerprint density at radius 1 is 1.29 bits per heavy atom. The van der Waals surface area contributed by atoms with Crippen molar-refractivity contribution in [2.45, 2.75) is 19.4 Å². The minimum absolute atomic E-state index is 0.117. The molecule has 0 bridgehead atoms. The quantitative estimate of drug-likeness (QED) is 0.922. The molecular weight excluding hydrogens is 292 g/mol. The lowest BCUT2D eigenvalue weighted by Gasteiger charge is -2.16. The first-order valence-corrected chi connectivity index (χ1v) is 7.16. The zero-order chi connectivity index (χ0) is 15.4. The number of carbonyl (C=O) groups is 2. The van der Waals surface area contributed by atoms with Crippen molar-refractivity contribution in [2.24, 2.45) is 4.99 Å². The highest BCUT2D eigenvalue weighted by atomic mass is 32.2. The van der Waals surface area contributed by atoms with Crippen molar-refractivity contribution in [3.63, 3.8) is 0 Å². The molecule has 1 aromatic rings. The molecular formula is C14H16N2O4S. The molecule has 7 heteroatoms. The van der Waals surface area contributed by atoms with Gasteiger partial charge < -0.3 is 14.8 Å². The van der Waals surface area contributed by atoms with Crippen LogP contribution in [0.4, 0.5) is 0 Å². The number of hydrogen-bond donors (Lipinski definition) is 1. The van der Waals surface area contributed by atoms with Crippen LogP contribution in [0.5, 0.6) is 11.5 Å². The van der Waals surface area contributed by atoms with Crippen molar-refractivity contribution in [2.75, 3.05) is 14.2 Å². The number of amidine groups is 1. The highest BCUT2D eigenvalue weighted by Gasteiger charge is 2.21. The monoisotopic (exact) mass is 308 g/mol. The van der Waals surface area contributed by atoms with Crippen LogP contribution in [0.25, 0.3) is 0 Å². The molecule has 0 fully saturated rings. The van der Waals surface area contributed by atoms with Gasteiger partial charge in [-0.1, -0.05) is 0 Å². The summed E-state index contributed by atoms with van der Waals surface area (Å²) in [5.41, 5.74) is 0.423. The van der Waals surface area contributed by atoms with E-state index in [0.29, 0.717) is 28.7 Å². The standard InChI is InChI=1S/C14H16N2O4S/c1-8-4-12(17)16-14(15-8)21-13(18)9-5-10(19-2)7-11(6-9)20-3/h5-8H,4H2,1-3H3,(H,15,16,17). The van der Waals surface area contributed by atoms with Crippen LogP contribution in [0.15, 0.2) is 23.2 Å². The van der Waals surface area contributed by atoms with Crippen LogP contribution in [0.2, 0.25) is 0 Å². The SMILES string of the molecule is COc1cc(OC)cc(C(=O)SC2=NC(C)CC(=O)N2)c1. The number of hydrogen-bond acceptors (Lipinski definition) is 6. The van der Waals surface area contributed by atoms with Gasteiger partial charge in [-0.15, -0.1) is 0 Å². The Hall–Kier alpha value is -2.02. The molecule has 0 saturated heterocycles. The predicted molar refractivity (Wildman–Crippen MR) is 81.1 cm³/mol. The molecule has 1 N–H and O–H groups in total. The number of ether oxygens (including phenoxy) is 2. The molecule has 21 heavy (non-hydrogen) atoms. The van der Waals surface area contributed by atoms with Crippen molar-refractivity contribution in [1.29, 1.82) is 0 Å². The van der Waals surface area contributed by atoms with Gasteiger partial charge in [0.1, 0.15) is 11.5 Å². The van der Waals surface area contributed by atoms with Crippen LogP contribution in [-0.2, 0) is 4.79 Å². The Kier molecular flexibility index (Phi) is 4.85. The molecule has 1 unspecified atom stereocenters. The van der Waals surface area contributed by atoms with E-state index in [9.17, 15) is 9.59 Å². The summed E-state index contributed by atoms with van der Waals surface area (Å²) in [4.78, 5) is 28.0. The molecule has 0 radical (unpaired) electrons. The first-order valence-electron chi connectivity index (χ1n) is 6.34. The maximum Gasteiger partial charge on any atom is 0.228 e. The fraction of sp³-hybridized carbons (Fsp3) is 0.357. The highest BCUT2D eigenvalue weighted by molar-refractivity contribution is 8.26. The Labute approximate surface area is 126 Å². The zero-order valence-electron chi connectivity index (χ0n) is 12.0. The van der Waals surface area contributed by atoms with Crippen LogP contribution >= 0.6 is 11.8 Å². The summed E-state index contributed by atoms with van der Waals surface area (Å²) in [7, 11) is 3.03. The van der Waals surface area contributed by atoms with Crippen molar-refractivity contribution >= 4 is 28.0 Å². The van der Waals surface area contributed by atoms with E-state index in [0.717, 1.165) is 11.8 Å². The smallest absolute Gasteiger partial charge is 0.228 e. The molecule has 1 amide bonds. The lowest BCUT2D eigenvalue weighted by Crippen LogP contribution is -2.36. The number of methoxy groups -OCH3 is 2. The van der Waals surface area contributed by atoms with Crippen LogP contribution < -0.4 is 14.8 Å². The van der Waals surface area contributed by atoms with Crippen LogP contribution in [0.3, 0.4) is 0 Å². The highest BCUT2D eigenvalue weighted by Crippen LogP contribution is 2.26. The third kappa shape index (κ3) is 3.98. The Bertz CT molecular complexity index is 578. The maximum atomic E-state index is 12.3. The van der Waals surface area contributed by atoms with Crippen molar-refractivity contribution < 1.29 is 19.1 Å². The fourth-order valence-electron chi connectivity index (χ4n) is 1.84. The van der Waals surface area contributed by atoms with Gasteiger partial charge in [-0.3, -0.25) is 14.6 Å². The van der Waals surface area contributed by atoms with E-state index in [1.54, 1.807) is 18.2 Å². The molecule has 6 nitrogen and oxygen atoms in total. The first kappa shape index (κ1) is 15.4. The fourth-order valence-corrected chi connectivity index (χ4v) is 2.65. The number of nitrogens with one attached hydrogen (secondary N) is 1. The number of benzene rings is 1. The summed E-state index contributed by atoms with van der Waals surface area (Å²) >= 11 is 0.888. The summed E-state index contributed by atoms with van der Waals surface area (Å²) in [5, 5.41) is 2.68. The van der Waals surface area contributed by atoms with E-state index in [-0.39, 0.29) is 17.1 Å². The normalized spacial score (nSPS) is 17.8. The first-order chi connectivity index (χ1) is 10.0. The second kappa shape index (κ2) is 6.62. The van der Waals surface area contributed by atoms with Gasteiger partial charge in [-0.2, -0.15) is 0 Å². The summed E-state index contributed by atoms with van der Waals surface area (Å²) in [6, 6.07) is 4.80. The minimum atomic E-state index is -0.236. The minimum Gasteiger partial charge on any atom is -0.497 e. The molecule has 1 atom stereocenters. The van der Waals surface area contributed by atoms with Crippen molar-refractivity contribution in [3.8, 4) is 11.5 Å². The van der Waals surface area contributed by atoms with E-state index in [1.165, 1.54) is 14.2 Å². The van der Waals surface area contributed by atoms with E-state index in [4.69, 9.17) is 9.47 Å². The Balaban J connectivity index is 2.18. The van der Waals surface area contributed by atoms with E-state index < -0.39 is 0 Å². The molecule has 1 aromatic carbocycles. The number of thioether (sulfide) groups is 1. The summed E-state index contributed by atoms with van der Waals surface area (Å²) < 4.78 is 10.3. The van der Waals surface area contributed by atoms with Crippen molar-refractivity contribution in [3.05, 3.63) is 23.8 Å². The molecule has 1 aliphatic rings. The largest absolute Gasteiger partial charge is 0.497 e. The molecule has 112 valence electrons. The zero-order valence-corrected chi connectivity index (χ0v) is 12.8. The van der Waals surface area contributed by atoms with Crippen LogP contribution in [-0.4, -0.2) is 36.5 Å². The lowest BCUT2D eigenvalue weighted by molar-refractivity contribution is -0.120. The average molecular weight is 308 g/mol. The second-order valence-corrected chi connectivity index (χ2v) is 5.49. The maximum absolute atomic E-state index is 12.3. The Morgan fingerprint density at radius 2 is 1.90 bits per heavy atom. The number of carbonyl (C=O) groups excluding carboxylic acids is 2. The second-order valence-electron chi connectivity index (χ2n) is 4.53. The van der Waals surface area contributed by atoms with Gasteiger partial charge in [-0.05, 0) is 30.8 Å². The van der Waals surface area contributed by atoms with Crippen LogP contribution in [0.1, 0.15) is 23.7 Å². The van der Waals surface area contributed by atoms with Gasteiger partial charge in [0.2, 0.25) is 11.0 Å². The molecule has 0 saturated carbocycles. The van der Waals surface area contributed by atoms with Gasteiger partial charge in [-0.25, -0.2) is 0 Å². The van der Waals surface area contributed by atoms with E-state index in [2.05, 4.69) is 10.3 Å². The topological polar surface area (TPSA) is 77.0 Å². The molecule has 2 rings (SSSR count). The van der Waals surface area contributed by atoms with E-state index in [1.807, 2.05) is 6.92 Å². The number of rotatable bonds is 3. The average Bonchev–Trinajstić information content (AvgIpc) is 2.45. The third-order valence-corrected chi connectivity index (χ3v) is 3.66. The number of amides is 1. The molecule has 1 heterocycles. The third-order valence-electron chi connectivity index (χ3n) is 2.84. The molecule has 0 spiro atoms. The summed E-state index contributed by atoms with van der Waals surface area (Å²) in [5.74, 6) is 0.929. The van der Waals surface area contributed by atoms with Gasteiger partial charge in [0, 0.05) is 18.1 Å². The Morgan fingerprint density at radius 3 is 2.43 bits per heavy atom. The van der Waals surface area contributed by atoms with Crippen LogP contribution in [0, 0.1) is 0 Å². The molecule has 0 aromatic heterocycles.